The van der Waals surface area contributed by atoms with E-state index in [9.17, 15) is 4.79 Å². The van der Waals surface area contributed by atoms with E-state index in [1.165, 1.54) is 13.0 Å². The molecule has 0 aromatic carbocycles. The molecule has 84 valence electrons. The molecule has 3 rings (SSSR count). The van der Waals surface area contributed by atoms with Gasteiger partial charge in [0.25, 0.3) is 0 Å². The third-order valence-electron chi connectivity index (χ3n) is 4.30. The van der Waals surface area contributed by atoms with E-state index in [1.54, 1.807) is 0 Å². The minimum atomic E-state index is 0.254. The van der Waals surface area contributed by atoms with Crippen molar-refractivity contribution in [3.63, 3.8) is 0 Å². The lowest BCUT2D eigenvalue weighted by Crippen LogP contribution is -2.52. The van der Waals surface area contributed by atoms with Gasteiger partial charge >= 0.3 is 0 Å². The van der Waals surface area contributed by atoms with Crippen LogP contribution in [0.15, 0.2) is 0 Å². The highest BCUT2D eigenvalue weighted by atomic mass is 16.2. The van der Waals surface area contributed by atoms with Crippen LogP contribution in [0, 0.1) is 5.92 Å². The van der Waals surface area contributed by atoms with Crippen molar-refractivity contribution in [1.82, 2.24) is 15.3 Å². The van der Waals surface area contributed by atoms with E-state index in [0.29, 0.717) is 24.5 Å². The highest BCUT2D eigenvalue weighted by Crippen LogP contribution is 2.44. The fourth-order valence-corrected chi connectivity index (χ4v) is 3.66. The first kappa shape index (κ1) is 9.60. The maximum absolute atomic E-state index is 11.7. The summed E-state index contributed by atoms with van der Waals surface area (Å²) < 4.78 is 0. The number of likely N-dealkylation sites (tertiary alicyclic amines) is 1. The Balaban J connectivity index is 1.80. The number of hydrazine groups is 1. The summed E-state index contributed by atoms with van der Waals surface area (Å²) in [5.74, 6) is 1.03. The molecule has 4 heteroatoms. The molecule has 3 aliphatic rings. The highest BCUT2D eigenvalue weighted by Gasteiger charge is 2.60. The Kier molecular flexibility index (Phi) is 2.04. The van der Waals surface area contributed by atoms with Crippen LogP contribution in [-0.2, 0) is 4.79 Å². The number of nitrogens with zero attached hydrogens (tertiary/aromatic N) is 2. The fourth-order valence-electron chi connectivity index (χ4n) is 3.66. The molecule has 0 aromatic rings. The van der Waals surface area contributed by atoms with Gasteiger partial charge in [0.2, 0.25) is 5.91 Å². The first-order chi connectivity index (χ1) is 7.26. The monoisotopic (exact) mass is 209 g/mol. The maximum atomic E-state index is 11.7. The number of hydrogen-bond acceptors (Lipinski definition) is 3. The Labute approximate surface area is 90.6 Å². The Bertz CT molecular complexity index is 294. The van der Waals surface area contributed by atoms with Crippen LogP contribution in [-0.4, -0.2) is 47.0 Å². The van der Waals surface area contributed by atoms with Crippen molar-refractivity contribution >= 4 is 5.91 Å². The first-order valence-corrected chi connectivity index (χ1v) is 6.08. The summed E-state index contributed by atoms with van der Waals surface area (Å²) in [5.41, 5.74) is 3.41. The fraction of sp³-hybridized carbons (Fsp3) is 0.909. The standard InChI is InChI=1S/C11H19N3O/c1-3-9(15)14-8-5-7-6-13(4-2)11(8)10(7)12-14/h7-8,10-12H,3-6H2,1-2H3/t7?,8-,10?,11?/m0/s1. The molecular formula is C11H19N3O. The van der Waals surface area contributed by atoms with Crippen molar-refractivity contribution in [1.29, 1.82) is 0 Å². The van der Waals surface area contributed by atoms with Crippen LogP contribution in [0.25, 0.3) is 0 Å². The summed E-state index contributed by atoms with van der Waals surface area (Å²) in [6.45, 7) is 6.49. The predicted octanol–water partition coefficient (Wildman–Crippen LogP) is 0.204. The van der Waals surface area contributed by atoms with Gasteiger partial charge in [0.1, 0.15) is 0 Å². The van der Waals surface area contributed by atoms with Crippen LogP contribution in [0.1, 0.15) is 26.7 Å². The molecule has 4 nitrogen and oxygen atoms in total. The van der Waals surface area contributed by atoms with Crippen LogP contribution in [0.5, 0.6) is 0 Å². The quantitative estimate of drug-likeness (QED) is 0.706. The predicted molar refractivity (Wildman–Crippen MR) is 57.0 cm³/mol. The van der Waals surface area contributed by atoms with E-state index in [0.717, 1.165) is 12.5 Å². The summed E-state index contributed by atoms with van der Waals surface area (Å²) >= 11 is 0. The van der Waals surface area contributed by atoms with Gasteiger partial charge in [0.15, 0.2) is 0 Å². The molecule has 15 heavy (non-hydrogen) atoms. The van der Waals surface area contributed by atoms with Gasteiger partial charge in [-0.1, -0.05) is 13.8 Å². The number of rotatable bonds is 2. The lowest BCUT2D eigenvalue weighted by molar-refractivity contribution is -0.137. The second-order valence-electron chi connectivity index (χ2n) is 4.91. The summed E-state index contributed by atoms with van der Waals surface area (Å²) in [5, 5.41) is 1.91. The molecule has 3 unspecified atom stereocenters. The van der Waals surface area contributed by atoms with Crippen molar-refractivity contribution in [3.05, 3.63) is 0 Å². The van der Waals surface area contributed by atoms with Crippen LogP contribution in [0.2, 0.25) is 0 Å². The van der Waals surface area contributed by atoms with Crippen molar-refractivity contribution in [2.45, 2.75) is 44.8 Å². The van der Waals surface area contributed by atoms with Crippen LogP contribution in [0.4, 0.5) is 0 Å². The topological polar surface area (TPSA) is 35.6 Å². The van der Waals surface area contributed by atoms with Gasteiger partial charge in [-0.2, -0.15) is 0 Å². The third-order valence-corrected chi connectivity index (χ3v) is 4.30. The largest absolute Gasteiger partial charge is 0.297 e. The maximum Gasteiger partial charge on any atom is 0.236 e. The molecular weight excluding hydrogens is 190 g/mol. The Hall–Kier alpha value is -0.610. The van der Waals surface area contributed by atoms with E-state index < -0.39 is 0 Å². The molecule has 4 bridgehead atoms. The summed E-state index contributed by atoms with van der Waals surface area (Å²) in [6.07, 6.45) is 1.82. The van der Waals surface area contributed by atoms with Gasteiger partial charge in [-0.05, 0) is 18.9 Å². The average Bonchev–Trinajstić information content (AvgIpc) is 2.91. The van der Waals surface area contributed by atoms with Crippen LogP contribution < -0.4 is 5.43 Å². The molecule has 4 atom stereocenters. The number of nitrogens with one attached hydrogen (secondary N) is 1. The molecule has 1 aliphatic carbocycles. The van der Waals surface area contributed by atoms with E-state index in [4.69, 9.17) is 0 Å². The second-order valence-corrected chi connectivity index (χ2v) is 4.91. The minimum absolute atomic E-state index is 0.254. The smallest absolute Gasteiger partial charge is 0.236 e. The molecule has 0 spiro atoms. The molecule has 3 fully saturated rings. The normalized spacial score (nSPS) is 42.9. The van der Waals surface area contributed by atoms with Crippen molar-refractivity contribution in [3.8, 4) is 0 Å². The molecule has 2 heterocycles. The Morgan fingerprint density at radius 1 is 1.47 bits per heavy atom. The lowest BCUT2D eigenvalue weighted by Gasteiger charge is -2.36. The third kappa shape index (κ3) is 1.12. The average molecular weight is 209 g/mol. The zero-order valence-electron chi connectivity index (χ0n) is 9.44. The number of amides is 1. The van der Waals surface area contributed by atoms with Gasteiger partial charge in [-0.3, -0.25) is 14.7 Å². The highest BCUT2D eigenvalue weighted by molar-refractivity contribution is 5.76. The van der Waals surface area contributed by atoms with Gasteiger partial charge in [0, 0.05) is 25.0 Å². The SMILES string of the molecule is CCC(=O)N1NC2C3C[C@H]1C2N(CC)C3. The number of hydrogen-bond donors (Lipinski definition) is 1. The number of carbonyl (C=O) groups is 1. The zero-order chi connectivity index (χ0) is 10.6. The number of carbonyl (C=O) groups excluding carboxylic acids is 1. The molecule has 0 aromatic heterocycles. The van der Waals surface area contributed by atoms with Gasteiger partial charge < -0.3 is 0 Å². The number of likely N-dealkylation sites (N-methyl/N-ethyl adjacent to an activating group) is 1. The van der Waals surface area contributed by atoms with Gasteiger partial charge in [-0.15, -0.1) is 0 Å². The van der Waals surface area contributed by atoms with E-state index in [2.05, 4.69) is 17.2 Å². The summed E-state index contributed by atoms with van der Waals surface area (Å²) in [6, 6.07) is 1.59. The molecule has 2 aliphatic heterocycles. The molecule has 1 amide bonds. The lowest BCUT2D eigenvalue weighted by atomic mass is 10.0. The van der Waals surface area contributed by atoms with E-state index in [-0.39, 0.29) is 5.91 Å². The summed E-state index contributed by atoms with van der Waals surface area (Å²) in [7, 11) is 0. The van der Waals surface area contributed by atoms with Crippen molar-refractivity contribution in [2.24, 2.45) is 5.92 Å². The summed E-state index contributed by atoms with van der Waals surface area (Å²) in [4.78, 5) is 14.2. The van der Waals surface area contributed by atoms with Crippen molar-refractivity contribution < 1.29 is 4.79 Å². The van der Waals surface area contributed by atoms with E-state index >= 15 is 0 Å². The van der Waals surface area contributed by atoms with Crippen LogP contribution >= 0.6 is 0 Å². The number of piperidine rings is 1. The first-order valence-electron chi connectivity index (χ1n) is 6.08. The molecule has 2 saturated heterocycles. The van der Waals surface area contributed by atoms with Gasteiger partial charge in [-0.25, -0.2) is 5.43 Å². The van der Waals surface area contributed by atoms with Crippen molar-refractivity contribution in [2.75, 3.05) is 13.1 Å². The van der Waals surface area contributed by atoms with Gasteiger partial charge in [0.05, 0.1) is 6.04 Å². The molecule has 1 saturated carbocycles. The minimum Gasteiger partial charge on any atom is -0.297 e. The molecule has 1 N–H and O–H groups in total. The van der Waals surface area contributed by atoms with E-state index in [1.807, 2.05) is 11.9 Å². The zero-order valence-corrected chi connectivity index (χ0v) is 9.44. The Morgan fingerprint density at radius 3 is 2.93 bits per heavy atom. The van der Waals surface area contributed by atoms with Crippen LogP contribution in [0.3, 0.4) is 0 Å². The Morgan fingerprint density at radius 2 is 2.27 bits per heavy atom. The second kappa shape index (κ2) is 3.19. The molecule has 0 radical (unpaired) electrons.